The van der Waals surface area contributed by atoms with Gasteiger partial charge in [-0.1, -0.05) is 54.4 Å². The molecule has 292 valence electrons. The van der Waals surface area contributed by atoms with E-state index in [4.69, 9.17) is 17.2 Å². The number of rotatable bonds is 21. The standard InChI is InChI=1S/C42H53N7O5S/c43-18-3-1-6-21-48(22-7-2-4-19-44)42(52)30-14-12-29(13-15-30)36-25-31-16-17-32(26-37(31)49(36)23-8-5-20-45)40(47-54)38-27-34(28-39(51)46-53)41(55-38)33-10-9-11-35(50)24-33/h9-17,24-27,50,53-54H,1-8,18-23,28,43-45H2,(H,46,51)/b47-40+. The number of aryl methyl sites for hydroxylation is 1. The quantitative estimate of drug-likeness (QED) is 0.0145. The van der Waals surface area contributed by atoms with Crippen molar-refractivity contribution in [3.63, 3.8) is 0 Å². The van der Waals surface area contributed by atoms with Crippen molar-refractivity contribution < 1.29 is 25.1 Å². The molecule has 0 atom stereocenters. The molecule has 0 unspecified atom stereocenters. The maximum absolute atomic E-state index is 13.7. The number of thiophene rings is 1. The number of hydrogen-bond acceptors (Lipinski definition) is 10. The number of aromatic hydroxyl groups is 1. The number of aromatic nitrogens is 1. The number of nitrogens with two attached hydrogens (primary N) is 3. The Balaban J connectivity index is 1.48. The van der Waals surface area contributed by atoms with Crippen LogP contribution in [0.2, 0.25) is 0 Å². The first kappa shape index (κ1) is 41.1. The number of oxime groups is 1. The third-order valence-electron chi connectivity index (χ3n) is 9.72. The summed E-state index contributed by atoms with van der Waals surface area (Å²) in [6, 6.07) is 24.3. The van der Waals surface area contributed by atoms with Gasteiger partial charge in [-0.05, 0) is 117 Å². The van der Waals surface area contributed by atoms with Gasteiger partial charge in [0, 0.05) is 52.2 Å². The van der Waals surface area contributed by atoms with Crippen molar-refractivity contribution in [2.45, 2.75) is 64.3 Å². The number of nitrogens with one attached hydrogen (secondary N) is 1. The monoisotopic (exact) mass is 767 g/mol. The molecule has 2 amide bonds. The van der Waals surface area contributed by atoms with E-state index >= 15 is 0 Å². The summed E-state index contributed by atoms with van der Waals surface area (Å²) in [6.07, 6.45) is 7.28. The average molecular weight is 768 g/mol. The van der Waals surface area contributed by atoms with Gasteiger partial charge in [0.15, 0.2) is 0 Å². The Bertz CT molecular complexity index is 2050. The molecule has 0 spiro atoms. The van der Waals surface area contributed by atoms with Crippen LogP contribution in [-0.4, -0.2) is 75.2 Å². The van der Waals surface area contributed by atoms with E-state index in [1.807, 2.05) is 53.4 Å². The molecule has 0 saturated heterocycles. The van der Waals surface area contributed by atoms with Crippen molar-refractivity contribution in [1.82, 2.24) is 14.9 Å². The van der Waals surface area contributed by atoms with Crippen molar-refractivity contribution in [1.29, 1.82) is 0 Å². The van der Waals surface area contributed by atoms with Crippen LogP contribution in [0.1, 0.15) is 77.7 Å². The first-order chi connectivity index (χ1) is 26.8. The molecule has 0 saturated carbocycles. The van der Waals surface area contributed by atoms with Crippen LogP contribution in [0.5, 0.6) is 5.75 Å². The van der Waals surface area contributed by atoms with Gasteiger partial charge in [0.1, 0.15) is 11.5 Å². The largest absolute Gasteiger partial charge is 0.508 e. The Hall–Kier alpha value is -5.05. The van der Waals surface area contributed by atoms with Crippen LogP contribution in [0.25, 0.3) is 32.6 Å². The summed E-state index contributed by atoms with van der Waals surface area (Å²) >= 11 is 1.32. The van der Waals surface area contributed by atoms with E-state index in [9.17, 15) is 25.1 Å². The van der Waals surface area contributed by atoms with Crippen LogP contribution in [0.15, 0.2) is 84.0 Å². The van der Waals surface area contributed by atoms with E-state index in [-0.39, 0.29) is 18.1 Å². The minimum Gasteiger partial charge on any atom is -0.508 e. The highest BCUT2D eigenvalue weighted by molar-refractivity contribution is 7.17. The van der Waals surface area contributed by atoms with Crippen LogP contribution < -0.4 is 22.7 Å². The van der Waals surface area contributed by atoms with E-state index < -0.39 is 5.91 Å². The van der Waals surface area contributed by atoms with Crippen molar-refractivity contribution in [2.75, 3.05) is 32.7 Å². The lowest BCUT2D eigenvalue weighted by atomic mass is 10.0. The number of unbranched alkanes of at least 4 members (excludes halogenated alkanes) is 5. The second kappa shape index (κ2) is 20.6. The summed E-state index contributed by atoms with van der Waals surface area (Å²) in [4.78, 5) is 29.2. The van der Waals surface area contributed by atoms with Crippen LogP contribution in [-0.2, 0) is 17.8 Å². The van der Waals surface area contributed by atoms with Crippen molar-refractivity contribution in [3.8, 4) is 27.4 Å². The van der Waals surface area contributed by atoms with Crippen LogP contribution in [0, 0.1) is 0 Å². The molecule has 0 aliphatic rings. The smallest absolute Gasteiger partial charge is 0.253 e. The lowest BCUT2D eigenvalue weighted by molar-refractivity contribution is -0.128. The number of phenolic OH excluding ortho intramolecular Hbond substituents is 1. The lowest BCUT2D eigenvalue weighted by Gasteiger charge is -2.23. The molecule has 0 bridgehead atoms. The van der Waals surface area contributed by atoms with Gasteiger partial charge in [-0.15, -0.1) is 11.3 Å². The summed E-state index contributed by atoms with van der Waals surface area (Å²) in [7, 11) is 0. The average Bonchev–Trinajstić information content (AvgIpc) is 3.78. The Labute approximate surface area is 326 Å². The SMILES string of the molecule is NCCCCCN(CCCCCN)C(=O)c1ccc(-c2cc3ccc(/C(=N\O)c4cc(CC(=O)NO)c(-c5cccc(O)c5)s4)cc3n2CCCCN)cc1. The Morgan fingerprint density at radius 3 is 2.07 bits per heavy atom. The molecular formula is C42H53N7O5S. The van der Waals surface area contributed by atoms with Crippen molar-refractivity contribution in [3.05, 3.63) is 100 Å². The molecule has 13 heteroatoms. The molecule has 0 fully saturated rings. The molecule has 5 aromatic rings. The molecular weight excluding hydrogens is 715 g/mol. The predicted molar refractivity (Wildman–Crippen MR) is 220 cm³/mol. The molecule has 2 heterocycles. The molecule has 2 aromatic heterocycles. The van der Waals surface area contributed by atoms with Crippen LogP contribution in [0.3, 0.4) is 0 Å². The molecule has 12 nitrogen and oxygen atoms in total. The number of benzene rings is 3. The third kappa shape index (κ3) is 10.6. The predicted octanol–water partition coefficient (Wildman–Crippen LogP) is 6.46. The number of hydrogen-bond donors (Lipinski definition) is 7. The molecule has 0 aliphatic heterocycles. The summed E-state index contributed by atoms with van der Waals surface area (Å²) in [5.74, 6) is -0.496. The normalized spacial score (nSPS) is 11.7. The first-order valence-electron chi connectivity index (χ1n) is 19.0. The zero-order valence-corrected chi connectivity index (χ0v) is 32.1. The molecule has 10 N–H and O–H groups in total. The van der Waals surface area contributed by atoms with Gasteiger partial charge in [-0.25, -0.2) is 5.48 Å². The number of phenols is 1. The Morgan fingerprint density at radius 2 is 1.44 bits per heavy atom. The Kier molecular flexibility index (Phi) is 15.4. The maximum atomic E-state index is 13.7. The number of hydroxylamine groups is 1. The molecule has 0 aliphatic carbocycles. The van der Waals surface area contributed by atoms with Gasteiger partial charge in [-0.2, -0.15) is 0 Å². The summed E-state index contributed by atoms with van der Waals surface area (Å²) in [5.41, 5.74) is 24.8. The zero-order chi connectivity index (χ0) is 39.2. The van der Waals surface area contributed by atoms with Gasteiger partial charge in [0.2, 0.25) is 5.91 Å². The number of amides is 2. The fourth-order valence-electron chi connectivity index (χ4n) is 6.85. The molecule has 5 rings (SSSR count). The van der Waals surface area contributed by atoms with Gasteiger partial charge in [-0.3, -0.25) is 14.8 Å². The minimum absolute atomic E-state index is 0.0249. The maximum Gasteiger partial charge on any atom is 0.253 e. The van der Waals surface area contributed by atoms with E-state index in [1.54, 1.807) is 29.7 Å². The van der Waals surface area contributed by atoms with Gasteiger partial charge >= 0.3 is 0 Å². The van der Waals surface area contributed by atoms with E-state index in [2.05, 4.69) is 15.8 Å². The van der Waals surface area contributed by atoms with E-state index in [0.29, 0.717) is 77.0 Å². The number of carbonyl (C=O) groups is 2. The molecule has 3 aromatic carbocycles. The van der Waals surface area contributed by atoms with E-state index in [0.717, 1.165) is 73.5 Å². The number of nitrogens with zero attached hydrogens (tertiary/aromatic N) is 3. The second-order valence-electron chi connectivity index (χ2n) is 13.7. The first-order valence-corrected chi connectivity index (χ1v) is 19.8. The highest BCUT2D eigenvalue weighted by Gasteiger charge is 2.21. The fraction of sp³-hybridized carbons (Fsp3) is 0.357. The third-order valence-corrected chi connectivity index (χ3v) is 11.0. The van der Waals surface area contributed by atoms with E-state index in [1.165, 1.54) is 11.3 Å². The summed E-state index contributed by atoms with van der Waals surface area (Å²) in [6.45, 7) is 3.97. The zero-order valence-electron chi connectivity index (χ0n) is 31.3. The highest BCUT2D eigenvalue weighted by Crippen LogP contribution is 2.37. The minimum atomic E-state index is -0.594. The van der Waals surface area contributed by atoms with Gasteiger partial charge < -0.3 is 37.0 Å². The van der Waals surface area contributed by atoms with Crippen molar-refractivity contribution >= 4 is 39.8 Å². The Morgan fingerprint density at radius 1 is 0.764 bits per heavy atom. The van der Waals surface area contributed by atoms with Gasteiger partial charge in [0.05, 0.1) is 11.3 Å². The molecule has 0 radical (unpaired) electrons. The van der Waals surface area contributed by atoms with Crippen molar-refractivity contribution in [2.24, 2.45) is 22.4 Å². The lowest BCUT2D eigenvalue weighted by Crippen LogP contribution is -2.33. The topological polar surface area (TPSA) is 205 Å². The highest BCUT2D eigenvalue weighted by atomic mass is 32.1. The summed E-state index contributed by atoms with van der Waals surface area (Å²) in [5, 5.41) is 34.5. The molecule has 55 heavy (non-hydrogen) atoms. The number of carbonyl (C=O) groups excluding carboxylic acids is 2. The van der Waals surface area contributed by atoms with Crippen LogP contribution >= 0.6 is 11.3 Å². The number of fused-ring (bicyclic) bond motifs is 1. The summed E-state index contributed by atoms with van der Waals surface area (Å²) < 4.78 is 2.24. The fourth-order valence-corrected chi connectivity index (χ4v) is 8.04. The second-order valence-corrected chi connectivity index (χ2v) is 14.7. The van der Waals surface area contributed by atoms with Crippen LogP contribution in [0.4, 0.5) is 0 Å². The van der Waals surface area contributed by atoms with Gasteiger partial charge in [0.25, 0.3) is 5.91 Å².